The quantitative estimate of drug-likeness (QED) is 0.320. The normalized spacial score (nSPS) is 10.5. The van der Waals surface area contributed by atoms with Gasteiger partial charge in [0.2, 0.25) is 11.8 Å². The standard InChI is InChI=1S/C30H42N4O4/c1-5-17-33(18-6-2)29(37)23-11-9-13-25(21-23)31-27(35)15-16-28(36)32-26-14-10-12-24(22-26)30(38)34(19-7-3)20-8-4/h9-14,21-22H,5-8,15-20H2,1-4H3,(H,31,35)(H,32,36). The number of benzene rings is 2. The maximum absolute atomic E-state index is 12.9. The van der Waals surface area contributed by atoms with Crippen molar-refractivity contribution < 1.29 is 19.2 Å². The van der Waals surface area contributed by atoms with E-state index in [9.17, 15) is 19.2 Å². The van der Waals surface area contributed by atoms with Crippen LogP contribution in [0.5, 0.6) is 0 Å². The third kappa shape index (κ3) is 9.65. The molecule has 4 amide bonds. The summed E-state index contributed by atoms with van der Waals surface area (Å²) in [6.45, 7) is 10.9. The zero-order valence-corrected chi connectivity index (χ0v) is 23.2. The minimum atomic E-state index is -0.317. The van der Waals surface area contributed by atoms with Crippen molar-refractivity contribution in [1.82, 2.24) is 9.80 Å². The predicted octanol–water partition coefficient (Wildman–Crippen LogP) is 5.57. The van der Waals surface area contributed by atoms with E-state index in [4.69, 9.17) is 0 Å². The number of nitrogens with one attached hydrogen (secondary N) is 2. The molecule has 2 rings (SSSR count). The Morgan fingerprint density at radius 2 is 0.921 bits per heavy atom. The van der Waals surface area contributed by atoms with Crippen molar-refractivity contribution in [2.45, 2.75) is 66.2 Å². The Balaban J connectivity index is 1.93. The first-order chi connectivity index (χ1) is 18.3. The van der Waals surface area contributed by atoms with E-state index in [1.807, 2.05) is 37.5 Å². The largest absolute Gasteiger partial charge is 0.339 e. The van der Waals surface area contributed by atoms with Gasteiger partial charge in [-0.05, 0) is 62.1 Å². The number of carbonyl (C=O) groups is 4. The maximum atomic E-state index is 12.9. The summed E-state index contributed by atoms with van der Waals surface area (Å²) in [5.74, 6) is -0.750. The summed E-state index contributed by atoms with van der Waals surface area (Å²) >= 11 is 0. The molecule has 8 heteroatoms. The number of hydrogen-bond acceptors (Lipinski definition) is 4. The topological polar surface area (TPSA) is 98.8 Å². The molecule has 0 aliphatic carbocycles. The van der Waals surface area contributed by atoms with Gasteiger partial charge in [-0.2, -0.15) is 0 Å². The molecule has 38 heavy (non-hydrogen) atoms. The molecule has 8 nitrogen and oxygen atoms in total. The first-order valence-corrected chi connectivity index (χ1v) is 13.7. The fourth-order valence-electron chi connectivity index (χ4n) is 4.21. The van der Waals surface area contributed by atoms with Crippen molar-refractivity contribution in [3.8, 4) is 0 Å². The van der Waals surface area contributed by atoms with Gasteiger partial charge in [0.25, 0.3) is 11.8 Å². The molecule has 0 radical (unpaired) electrons. The van der Waals surface area contributed by atoms with Crippen molar-refractivity contribution >= 4 is 35.0 Å². The number of hydrogen-bond donors (Lipinski definition) is 2. The van der Waals surface area contributed by atoms with Crippen molar-refractivity contribution in [2.24, 2.45) is 0 Å². The second-order valence-electron chi connectivity index (χ2n) is 9.34. The number of carbonyl (C=O) groups excluding carboxylic acids is 4. The summed E-state index contributed by atoms with van der Waals surface area (Å²) < 4.78 is 0. The predicted molar refractivity (Wildman–Crippen MR) is 152 cm³/mol. The molecule has 0 heterocycles. The third-order valence-corrected chi connectivity index (χ3v) is 5.91. The van der Waals surface area contributed by atoms with Gasteiger partial charge in [0.05, 0.1) is 0 Å². The van der Waals surface area contributed by atoms with Crippen LogP contribution in [-0.4, -0.2) is 59.6 Å². The molecular formula is C30H42N4O4. The van der Waals surface area contributed by atoms with Crippen LogP contribution < -0.4 is 10.6 Å². The van der Waals surface area contributed by atoms with Gasteiger partial charge in [0.15, 0.2) is 0 Å². The molecule has 0 saturated heterocycles. The minimum Gasteiger partial charge on any atom is -0.339 e. The molecule has 0 atom stereocenters. The van der Waals surface area contributed by atoms with Crippen molar-refractivity contribution in [3.63, 3.8) is 0 Å². The summed E-state index contributed by atoms with van der Waals surface area (Å²) in [5.41, 5.74) is 2.08. The summed E-state index contributed by atoms with van der Waals surface area (Å²) in [7, 11) is 0. The van der Waals surface area contributed by atoms with E-state index in [2.05, 4.69) is 10.6 Å². The molecule has 0 aromatic heterocycles. The first-order valence-electron chi connectivity index (χ1n) is 13.7. The smallest absolute Gasteiger partial charge is 0.253 e. The van der Waals surface area contributed by atoms with E-state index in [-0.39, 0.29) is 36.5 Å². The monoisotopic (exact) mass is 522 g/mol. The van der Waals surface area contributed by atoms with E-state index < -0.39 is 0 Å². The van der Waals surface area contributed by atoms with E-state index in [0.717, 1.165) is 25.7 Å². The van der Waals surface area contributed by atoms with Gasteiger partial charge in [-0.25, -0.2) is 0 Å². The third-order valence-electron chi connectivity index (χ3n) is 5.91. The number of nitrogens with zero attached hydrogens (tertiary/aromatic N) is 2. The SMILES string of the molecule is CCCN(CCC)C(=O)c1cccc(NC(=O)CCC(=O)Nc2cccc(C(=O)N(CCC)CCC)c2)c1. The van der Waals surface area contributed by atoms with Gasteiger partial charge in [0, 0.05) is 61.5 Å². The molecule has 206 valence electrons. The van der Waals surface area contributed by atoms with Gasteiger partial charge < -0.3 is 20.4 Å². The second-order valence-corrected chi connectivity index (χ2v) is 9.34. The lowest BCUT2D eigenvalue weighted by molar-refractivity contribution is -0.121. The molecular weight excluding hydrogens is 480 g/mol. The number of amides is 4. The average molecular weight is 523 g/mol. The van der Waals surface area contributed by atoms with Crippen molar-refractivity contribution in [3.05, 3.63) is 59.7 Å². The minimum absolute atomic E-state index is 0.0127. The molecule has 0 unspecified atom stereocenters. The lowest BCUT2D eigenvalue weighted by atomic mass is 10.1. The van der Waals surface area contributed by atoms with Crippen LogP contribution in [0.2, 0.25) is 0 Å². The highest BCUT2D eigenvalue weighted by atomic mass is 16.2. The highest BCUT2D eigenvalue weighted by molar-refractivity contribution is 6.00. The van der Waals surface area contributed by atoms with Crippen LogP contribution in [-0.2, 0) is 9.59 Å². The van der Waals surface area contributed by atoms with Crippen molar-refractivity contribution in [1.29, 1.82) is 0 Å². The van der Waals surface area contributed by atoms with Gasteiger partial charge in [-0.15, -0.1) is 0 Å². The first kappa shape index (κ1) is 30.5. The van der Waals surface area contributed by atoms with E-state index >= 15 is 0 Å². The molecule has 0 spiro atoms. The van der Waals surface area contributed by atoms with E-state index in [1.54, 1.807) is 48.5 Å². The Hall–Kier alpha value is -3.68. The van der Waals surface area contributed by atoms with Crippen LogP contribution in [0.4, 0.5) is 11.4 Å². The van der Waals surface area contributed by atoms with Crippen LogP contribution >= 0.6 is 0 Å². The summed E-state index contributed by atoms with van der Waals surface area (Å²) in [5, 5.41) is 5.56. The highest BCUT2D eigenvalue weighted by Crippen LogP contribution is 2.16. The molecule has 0 aliphatic rings. The molecule has 2 aromatic rings. The highest BCUT2D eigenvalue weighted by Gasteiger charge is 2.17. The molecule has 0 fully saturated rings. The molecule has 2 aromatic carbocycles. The zero-order chi connectivity index (χ0) is 27.9. The zero-order valence-electron chi connectivity index (χ0n) is 23.2. The van der Waals surface area contributed by atoms with Gasteiger partial charge in [-0.1, -0.05) is 39.8 Å². The van der Waals surface area contributed by atoms with Crippen LogP contribution in [0.3, 0.4) is 0 Å². The van der Waals surface area contributed by atoms with Gasteiger partial charge in [0.1, 0.15) is 0 Å². The lowest BCUT2D eigenvalue weighted by Crippen LogP contribution is -2.32. The molecule has 2 N–H and O–H groups in total. The van der Waals surface area contributed by atoms with Gasteiger partial charge in [-0.3, -0.25) is 19.2 Å². The molecule has 0 saturated carbocycles. The fraction of sp³-hybridized carbons (Fsp3) is 0.467. The number of rotatable bonds is 15. The van der Waals surface area contributed by atoms with Crippen LogP contribution in [0.1, 0.15) is 86.9 Å². The summed E-state index contributed by atoms with van der Waals surface area (Å²) in [6.07, 6.45) is 3.48. The lowest BCUT2D eigenvalue weighted by Gasteiger charge is -2.21. The van der Waals surface area contributed by atoms with E-state index in [0.29, 0.717) is 48.7 Å². The Morgan fingerprint density at radius 3 is 1.24 bits per heavy atom. The fourth-order valence-corrected chi connectivity index (χ4v) is 4.21. The summed E-state index contributed by atoms with van der Waals surface area (Å²) in [6, 6.07) is 13.7. The van der Waals surface area contributed by atoms with E-state index in [1.165, 1.54) is 0 Å². The van der Waals surface area contributed by atoms with Gasteiger partial charge >= 0.3 is 0 Å². The van der Waals surface area contributed by atoms with Crippen LogP contribution in [0, 0.1) is 0 Å². The average Bonchev–Trinajstić information content (AvgIpc) is 2.91. The molecule has 0 aliphatic heterocycles. The van der Waals surface area contributed by atoms with Crippen LogP contribution in [0.25, 0.3) is 0 Å². The van der Waals surface area contributed by atoms with Crippen LogP contribution in [0.15, 0.2) is 48.5 Å². The number of anilines is 2. The van der Waals surface area contributed by atoms with Crippen molar-refractivity contribution in [2.75, 3.05) is 36.8 Å². The Kier molecular flexibility index (Phi) is 13.0. The summed E-state index contributed by atoms with van der Waals surface area (Å²) in [4.78, 5) is 54.3. The maximum Gasteiger partial charge on any atom is 0.253 e. The Bertz CT molecular complexity index is 988. The second kappa shape index (κ2) is 16.2. The Labute approximate surface area is 226 Å². The Morgan fingerprint density at radius 1 is 0.579 bits per heavy atom. The molecule has 0 bridgehead atoms.